The minimum absolute atomic E-state index is 0.0267. The van der Waals surface area contributed by atoms with Crippen molar-refractivity contribution in [2.75, 3.05) is 6.54 Å². The Kier molecular flexibility index (Phi) is 7.92. The summed E-state index contributed by atoms with van der Waals surface area (Å²) in [5.74, 6) is 2.82. The highest BCUT2D eigenvalue weighted by Gasteiger charge is 2.48. The Balaban J connectivity index is 1.14. The fraction of sp³-hybridized carbons (Fsp3) is 0.250. The van der Waals surface area contributed by atoms with E-state index in [2.05, 4.69) is 43.9 Å². The van der Waals surface area contributed by atoms with Crippen molar-refractivity contribution < 1.29 is 18.8 Å². The van der Waals surface area contributed by atoms with Crippen LogP contribution in [0.5, 0.6) is 0 Å². The second kappa shape index (κ2) is 12.1. The van der Waals surface area contributed by atoms with E-state index in [1.54, 1.807) is 48.2 Å². The van der Waals surface area contributed by atoms with E-state index in [0.717, 1.165) is 12.8 Å². The van der Waals surface area contributed by atoms with E-state index in [0.29, 0.717) is 35.0 Å². The molecule has 2 aromatic heterocycles. The Morgan fingerprint density at radius 2 is 1.93 bits per heavy atom. The third-order valence-electron chi connectivity index (χ3n) is 7.53. The smallest absolute Gasteiger partial charge is 0.310 e. The van der Waals surface area contributed by atoms with Gasteiger partial charge in [-0.1, -0.05) is 24.1 Å². The lowest BCUT2D eigenvalue weighted by Crippen LogP contribution is -2.40. The lowest BCUT2D eigenvalue weighted by molar-refractivity contribution is -0.139. The van der Waals surface area contributed by atoms with Gasteiger partial charge >= 0.3 is 11.8 Å². The summed E-state index contributed by atoms with van der Waals surface area (Å²) < 4.78 is 17.9. The maximum Gasteiger partial charge on any atom is 0.310 e. The molecule has 10 nitrogen and oxygen atoms in total. The van der Waals surface area contributed by atoms with Gasteiger partial charge in [0.05, 0.1) is 36.0 Å². The van der Waals surface area contributed by atoms with Gasteiger partial charge in [-0.25, -0.2) is 9.37 Å². The summed E-state index contributed by atoms with van der Waals surface area (Å²) in [6, 6.07) is 12.1. The molecule has 2 heterocycles. The van der Waals surface area contributed by atoms with E-state index in [9.17, 15) is 19.6 Å². The highest BCUT2D eigenvalue weighted by atomic mass is 32.1. The normalized spacial score (nSPS) is 14.5. The summed E-state index contributed by atoms with van der Waals surface area (Å²) in [5, 5.41) is 24.4. The van der Waals surface area contributed by atoms with Gasteiger partial charge in [0.2, 0.25) is 0 Å². The molecular weight excluding hydrogens is 581 g/mol. The van der Waals surface area contributed by atoms with Gasteiger partial charge in [0.25, 0.3) is 5.91 Å². The second-order valence-corrected chi connectivity index (χ2v) is 11.5. The number of carbonyl (C=O) groups is 3. The molecule has 0 unspecified atom stereocenters. The SMILES string of the molecule is N#Cc1cc(-c2cnn(C3CC3)c2)c(F)c(C2(NC(=O)c3ccccc3CNC(=O)C(=O)NCC#Cc3nccs3)CC2)c1. The van der Waals surface area contributed by atoms with Gasteiger partial charge in [-0.05, 0) is 55.4 Å². The van der Waals surface area contributed by atoms with E-state index in [-0.39, 0.29) is 35.3 Å². The van der Waals surface area contributed by atoms with Crippen molar-refractivity contribution in [3.05, 3.63) is 93.4 Å². The molecule has 3 N–H and O–H groups in total. The number of nitriles is 1. The number of aromatic nitrogens is 3. The first-order chi connectivity index (χ1) is 21.4. The Bertz CT molecular complexity index is 1860. The number of benzene rings is 2. The topological polar surface area (TPSA) is 142 Å². The quantitative estimate of drug-likeness (QED) is 0.207. The van der Waals surface area contributed by atoms with Crippen LogP contribution in [0, 0.1) is 29.0 Å². The fourth-order valence-corrected chi connectivity index (χ4v) is 5.40. The van der Waals surface area contributed by atoms with Gasteiger partial charge in [0, 0.05) is 46.6 Å². The minimum atomic E-state index is -0.981. The standard InChI is InChI=1S/C32H26FN7O3S/c33-28-25(22-18-38-40(19-22)23-7-8-23)14-20(16-34)15-26(28)32(9-10-32)39-29(41)24-5-2-1-4-21(24)17-37-31(43)30(42)36-11-3-6-27-35-12-13-44-27/h1-2,4-5,12-15,18-19,23H,7-11,17H2,(H,36,42)(H,37,43)(H,39,41). The number of hydrogen-bond acceptors (Lipinski definition) is 7. The maximum absolute atomic E-state index is 16.0. The van der Waals surface area contributed by atoms with Crippen LogP contribution < -0.4 is 16.0 Å². The van der Waals surface area contributed by atoms with Crippen LogP contribution >= 0.6 is 11.3 Å². The predicted molar refractivity (Wildman–Crippen MR) is 159 cm³/mol. The van der Waals surface area contributed by atoms with Gasteiger partial charge in [0.1, 0.15) is 5.82 Å². The number of carbonyl (C=O) groups excluding carboxylic acids is 3. The average Bonchev–Trinajstić information content (AvgIpc) is 3.92. The maximum atomic E-state index is 16.0. The summed E-state index contributed by atoms with van der Waals surface area (Å²) >= 11 is 1.36. The van der Waals surface area contributed by atoms with E-state index in [1.165, 1.54) is 23.5 Å². The van der Waals surface area contributed by atoms with E-state index in [4.69, 9.17) is 0 Å². The molecular formula is C32H26FN7O3S. The van der Waals surface area contributed by atoms with Crippen LogP contribution in [0.1, 0.15) is 63.8 Å². The van der Waals surface area contributed by atoms with Crippen LogP contribution in [0.3, 0.4) is 0 Å². The van der Waals surface area contributed by atoms with Crippen LogP contribution in [0.4, 0.5) is 4.39 Å². The molecule has 0 saturated heterocycles. The number of halogens is 1. The first-order valence-corrected chi connectivity index (χ1v) is 14.9. The van der Waals surface area contributed by atoms with Crippen molar-refractivity contribution in [2.45, 2.75) is 43.8 Å². The van der Waals surface area contributed by atoms with E-state index >= 15 is 4.39 Å². The molecule has 2 aliphatic carbocycles. The zero-order chi connectivity index (χ0) is 30.7. The largest absolute Gasteiger partial charge is 0.344 e. The Morgan fingerprint density at radius 1 is 1.14 bits per heavy atom. The van der Waals surface area contributed by atoms with Crippen molar-refractivity contribution in [2.24, 2.45) is 0 Å². The number of thiazole rings is 1. The number of hydrogen-bond donors (Lipinski definition) is 3. The Morgan fingerprint density at radius 3 is 2.66 bits per heavy atom. The molecule has 12 heteroatoms. The molecule has 0 aliphatic heterocycles. The lowest BCUT2D eigenvalue weighted by atomic mass is 9.95. The van der Waals surface area contributed by atoms with Gasteiger partial charge in [-0.3, -0.25) is 19.1 Å². The number of amides is 3. The molecule has 6 rings (SSSR count). The highest BCUT2D eigenvalue weighted by Crippen LogP contribution is 2.48. The molecule has 0 spiro atoms. The van der Waals surface area contributed by atoms with Crippen molar-refractivity contribution in [1.29, 1.82) is 5.26 Å². The van der Waals surface area contributed by atoms with Gasteiger partial charge in [-0.2, -0.15) is 10.4 Å². The summed E-state index contributed by atoms with van der Waals surface area (Å²) in [7, 11) is 0. The first-order valence-electron chi connectivity index (χ1n) is 14.0. The zero-order valence-corrected chi connectivity index (χ0v) is 24.2. The van der Waals surface area contributed by atoms with E-state index in [1.807, 2.05) is 4.68 Å². The van der Waals surface area contributed by atoms with Crippen molar-refractivity contribution in [3.63, 3.8) is 0 Å². The van der Waals surface area contributed by atoms with Crippen LogP contribution in [-0.2, 0) is 21.7 Å². The van der Waals surface area contributed by atoms with Gasteiger partial charge < -0.3 is 16.0 Å². The Hall–Kier alpha value is -5.33. The third kappa shape index (κ3) is 6.21. The van der Waals surface area contributed by atoms with Gasteiger partial charge in [0.15, 0.2) is 5.01 Å². The average molecular weight is 608 g/mol. The molecule has 0 atom stereocenters. The molecule has 44 heavy (non-hydrogen) atoms. The number of rotatable bonds is 8. The van der Waals surface area contributed by atoms with Gasteiger partial charge in [-0.15, -0.1) is 11.3 Å². The second-order valence-electron chi connectivity index (χ2n) is 10.6. The zero-order valence-electron chi connectivity index (χ0n) is 23.4. The Labute approximate surface area is 256 Å². The molecule has 2 aliphatic rings. The molecule has 2 fully saturated rings. The molecule has 2 saturated carbocycles. The van der Waals surface area contributed by atoms with Crippen molar-refractivity contribution in [3.8, 4) is 29.0 Å². The molecule has 3 amide bonds. The molecule has 220 valence electrons. The summed E-state index contributed by atoms with van der Waals surface area (Å²) in [4.78, 5) is 42.1. The lowest BCUT2D eigenvalue weighted by Gasteiger charge is -2.21. The molecule has 4 aromatic rings. The fourth-order valence-electron chi connectivity index (χ4n) is 4.90. The minimum Gasteiger partial charge on any atom is -0.344 e. The van der Waals surface area contributed by atoms with Crippen LogP contribution in [0.25, 0.3) is 11.1 Å². The third-order valence-corrected chi connectivity index (χ3v) is 8.21. The summed E-state index contributed by atoms with van der Waals surface area (Å²) in [6.07, 6.45) is 8.07. The summed E-state index contributed by atoms with van der Waals surface area (Å²) in [6.45, 7) is -0.109. The van der Waals surface area contributed by atoms with Crippen LogP contribution in [-0.4, -0.2) is 39.0 Å². The van der Waals surface area contributed by atoms with Crippen molar-refractivity contribution in [1.82, 2.24) is 30.7 Å². The predicted octanol–water partition coefficient (Wildman–Crippen LogP) is 3.56. The van der Waals surface area contributed by atoms with Crippen LogP contribution in [0.2, 0.25) is 0 Å². The first kappa shape index (κ1) is 28.8. The van der Waals surface area contributed by atoms with Crippen molar-refractivity contribution >= 4 is 29.1 Å². The summed E-state index contributed by atoms with van der Waals surface area (Å²) in [5.41, 5.74) is 1.15. The number of nitrogens with one attached hydrogen (secondary N) is 3. The highest BCUT2D eigenvalue weighted by molar-refractivity contribution is 7.10. The monoisotopic (exact) mass is 607 g/mol. The molecule has 2 aromatic carbocycles. The number of nitrogens with zero attached hydrogens (tertiary/aromatic N) is 4. The van der Waals surface area contributed by atoms with Crippen LogP contribution in [0.15, 0.2) is 60.4 Å². The molecule has 0 radical (unpaired) electrons. The molecule has 0 bridgehead atoms. The van der Waals surface area contributed by atoms with E-state index < -0.39 is 29.1 Å².